The number of hydrogen-bond acceptors (Lipinski definition) is 4. The van der Waals surface area contributed by atoms with Crippen LogP contribution in [0.1, 0.15) is 5.56 Å². The second-order valence-corrected chi connectivity index (χ2v) is 6.66. The number of nitrogens with one attached hydrogen (secondary N) is 1. The first-order chi connectivity index (χ1) is 10.4. The Morgan fingerprint density at radius 2 is 1.73 bits per heavy atom. The standard InChI is InChI=1S/C14H12Cl2N2O3S/c1-21-14-12(15)7-10(8-13(14)16)9-17-18-22(19,20)11-5-3-2-4-6-11/h2-9,18H,1H3/b17-9-. The van der Waals surface area contributed by atoms with Gasteiger partial charge in [-0.05, 0) is 29.8 Å². The van der Waals surface area contributed by atoms with Crippen LogP contribution in [-0.2, 0) is 10.0 Å². The average molecular weight is 359 g/mol. The van der Waals surface area contributed by atoms with E-state index in [1.54, 1.807) is 30.3 Å². The summed E-state index contributed by atoms with van der Waals surface area (Å²) >= 11 is 12.0. The number of sulfonamides is 1. The molecule has 0 aliphatic carbocycles. The van der Waals surface area contributed by atoms with E-state index >= 15 is 0 Å². The molecule has 22 heavy (non-hydrogen) atoms. The number of nitrogens with zero attached hydrogens (tertiary/aromatic N) is 1. The van der Waals surface area contributed by atoms with E-state index in [1.807, 2.05) is 0 Å². The van der Waals surface area contributed by atoms with Gasteiger partial charge < -0.3 is 4.74 Å². The normalized spacial score (nSPS) is 11.6. The molecule has 2 aromatic carbocycles. The van der Waals surface area contributed by atoms with Crippen molar-refractivity contribution in [3.05, 3.63) is 58.1 Å². The molecule has 0 aliphatic heterocycles. The summed E-state index contributed by atoms with van der Waals surface area (Å²) in [6.07, 6.45) is 1.30. The van der Waals surface area contributed by atoms with Crippen molar-refractivity contribution < 1.29 is 13.2 Å². The van der Waals surface area contributed by atoms with Crippen molar-refractivity contribution in [2.75, 3.05) is 7.11 Å². The summed E-state index contributed by atoms with van der Waals surface area (Å²) in [5, 5.41) is 4.32. The number of rotatable bonds is 5. The van der Waals surface area contributed by atoms with E-state index < -0.39 is 10.0 Å². The zero-order chi connectivity index (χ0) is 16.2. The van der Waals surface area contributed by atoms with Crippen molar-refractivity contribution in [3.63, 3.8) is 0 Å². The number of ether oxygens (including phenoxy) is 1. The van der Waals surface area contributed by atoms with Crippen LogP contribution in [0.4, 0.5) is 0 Å². The van der Waals surface area contributed by atoms with Crippen LogP contribution in [0.25, 0.3) is 0 Å². The molecule has 0 saturated heterocycles. The molecule has 2 aromatic rings. The van der Waals surface area contributed by atoms with Gasteiger partial charge in [0, 0.05) is 0 Å². The number of halogens is 2. The maximum atomic E-state index is 12.0. The van der Waals surface area contributed by atoms with Crippen LogP contribution in [0.5, 0.6) is 5.75 Å². The summed E-state index contributed by atoms with van der Waals surface area (Å²) in [7, 11) is -2.25. The minimum atomic E-state index is -3.70. The summed E-state index contributed by atoms with van der Waals surface area (Å²) in [5.41, 5.74) is 0.534. The van der Waals surface area contributed by atoms with Gasteiger partial charge in [-0.2, -0.15) is 13.5 Å². The lowest BCUT2D eigenvalue weighted by Gasteiger charge is -2.06. The van der Waals surface area contributed by atoms with Crippen molar-refractivity contribution in [2.24, 2.45) is 5.10 Å². The van der Waals surface area contributed by atoms with Gasteiger partial charge in [-0.15, -0.1) is 0 Å². The lowest BCUT2D eigenvalue weighted by atomic mass is 10.2. The van der Waals surface area contributed by atoms with E-state index in [4.69, 9.17) is 27.9 Å². The van der Waals surface area contributed by atoms with Crippen LogP contribution in [-0.4, -0.2) is 21.7 Å². The van der Waals surface area contributed by atoms with E-state index in [0.29, 0.717) is 21.4 Å². The van der Waals surface area contributed by atoms with Crippen LogP contribution in [0.3, 0.4) is 0 Å². The lowest BCUT2D eigenvalue weighted by Crippen LogP contribution is -2.18. The number of methoxy groups -OCH3 is 1. The lowest BCUT2D eigenvalue weighted by molar-refractivity contribution is 0.415. The molecule has 8 heteroatoms. The molecule has 0 amide bonds. The predicted octanol–water partition coefficient (Wildman–Crippen LogP) is 3.31. The summed E-state index contributed by atoms with van der Waals surface area (Å²) in [4.78, 5) is 2.24. The van der Waals surface area contributed by atoms with Crippen LogP contribution in [0.15, 0.2) is 52.5 Å². The monoisotopic (exact) mass is 358 g/mol. The number of hydrogen-bond donors (Lipinski definition) is 1. The van der Waals surface area contributed by atoms with Gasteiger partial charge in [0.2, 0.25) is 0 Å². The smallest absolute Gasteiger partial charge is 0.276 e. The molecule has 0 aromatic heterocycles. The highest BCUT2D eigenvalue weighted by Crippen LogP contribution is 2.33. The summed E-state index contributed by atoms with van der Waals surface area (Å²) < 4.78 is 28.9. The third kappa shape index (κ3) is 3.91. The molecule has 0 saturated carbocycles. The zero-order valence-corrected chi connectivity index (χ0v) is 13.8. The second-order valence-electron chi connectivity index (χ2n) is 4.18. The van der Waals surface area contributed by atoms with Crippen LogP contribution < -0.4 is 9.57 Å². The maximum Gasteiger partial charge on any atom is 0.276 e. The highest BCUT2D eigenvalue weighted by molar-refractivity contribution is 7.89. The molecule has 116 valence electrons. The van der Waals surface area contributed by atoms with E-state index in [2.05, 4.69) is 9.93 Å². The fraction of sp³-hybridized carbons (Fsp3) is 0.0714. The molecule has 0 spiro atoms. The minimum absolute atomic E-state index is 0.123. The Balaban J connectivity index is 2.17. The van der Waals surface area contributed by atoms with Crippen LogP contribution >= 0.6 is 23.2 Å². The Morgan fingerprint density at radius 1 is 1.14 bits per heavy atom. The minimum Gasteiger partial charge on any atom is -0.494 e. The molecule has 0 atom stereocenters. The van der Waals surface area contributed by atoms with Gasteiger partial charge in [0.1, 0.15) is 0 Å². The molecule has 1 N–H and O–H groups in total. The second kappa shape index (κ2) is 7.00. The molecule has 0 fully saturated rings. The molecular weight excluding hydrogens is 347 g/mol. The summed E-state index contributed by atoms with van der Waals surface area (Å²) in [5.74, 6) is 0.352. The van der Waals surface area contributed by atoms with Crippen molar-refractivity contribution >= 4 is 39.4 Å². The van der Waals surface area contributed by atoms with Crippen molar-refractivity contribution in [3.8, 4) is 5.75 Å². The fourth-order valence-electron chi connectivity index (χ4n) is 1.67. The van der Waals surface area contributed by atoms with Gasteiger partial charge in [0.05, 0.1) is 28.3 Å². The first-order valence-electron chi connectivity index (χ1n) is 6.07. The third-order valence-electron chi connectivity index (χ3n) is 2.66. The van der Waals surface area contributed by atoms with Gasteiger partial charge in [0.25, 0.3) is 10.0 Å². The Morgan fingerprint density at radius 3 is 2.27 bits per heavy atom. The third-order valence-corrected chi connectivity index (χ3v) is 4.46. The average Bonchev–Trinajstić information content (AvgIpc) is 2.48. The SMILES string of the molecule is COc1c(Cl)cc(/C=N\NS(=O)(=O)c2ccccc2)cc1Cl. The predicted molar refractivity (Wildman–Crippen MR) is 87.4 cm³/mol. The van der Waals surface area contributed by atoms with Crippen LogP contribution in [0.2, 0.25) is 10.0 Å². The van der Waals surface area contributed by atoms with Gasteiger partial charge in [-0.25, -0.2) is 4.83 Å². The van der Waals surface area contributed by atoms with Gasteiger partial charge in [-0.3, -0.25) is 0 Å². The largest absolute Gasteiger partial charge is 0.494 e. The number of benzene rings is 2. The first kappa shape index (κ1) is 16.6. The van der Waals surface area contributed by atoms with Crippen molar-refractivity contribution in [2.45, 2.75) is 4.90 Å². The molecule has 0 heterocycles. The summed E-state index contributed by atoms with van der Waals surface area (Å²) in [6.45, 7) is 0. The Labute approximate surface area is 138 Å². The molecule has 5 nitrogen and oxygen atoms in total. The van der Waals surface area contributed by atoms with Gasteiger partial charge in [0.15, 0.2) is 5.75 Å². The molecule has 0 unspecified atom stereocenters. The highest BCUT2D eigenvalue weighted by atomic mass is 35.5. The van der Waals surface area contributed by atoms with Crippen molar-refractivity contribution in [1.82, 2.24) is 4.83 Å². The molecule has 2 rings (SSSR count). The van der Waals surface area contributed by atoms with E-state index in [0.717, 1.165) is 0 Å². The topological polar surface area (TPSA) is 67.8 Å². The summed E-state index contributed by atoms with van der Waals surface area (Å²) in [6, 6.07) is 11.0. The fourth-order valence-corrected chi connectivity index (χ4v) is 3.14. The first-order valence-corrected chi connectivity index (χ1v) is 8.31. The van der Waals surface area contributed by atoms with E-state index in [-0.39, 0.29) is 4.90 Å². The van der Waals surface area contributed by atoms with Crippen molar-refractivity contribution in [1.29, 1.82) is 0 Å². The molecular formula is C14H12Cl2N2O3S. The van der Waals surface area contributed by atoms with Gasteiger partial charge in [-0.1, -0.05) is 41.4 Å². The Hall–Kier alpha value is -1.76. The molecule has 0 bridgehead atoms. The molecule has 0 aliphatic rings. The number of hydrazone groups is 1. The van der Waals surface area contributed by atoms with E-state index in [1.165, 1.54) is 25.5 Å². The van der Waals surface area contributed by atoms with E-state index in [9.17, 15) is 8.42 Å². The molecule has 0 radical (unpaired) electrons. The zero-order valence-electron chi connectivity index (χ0n) is 11.5. The highest BCUT2D eigenvalue weighted by Gasteiger charge is 2.11. The maximum absolute atomic E-state index is 12.0. The van der Waals surface area contributed by atoms with Gasteiger partial charge >= 0.3 is 0 Å². The Bertz CT molecular complexity index is 770. The van der Waals surface area contributed by atoms with Crippen LogP contribution in [0, 0.1) is 0 Å². The quantitative estimate of drug-likeness (QED) is 0.658. The Kier molecular flexibility index (Phi) is 5.28.